The van der Waals surface area contributed by atoms with E-state index < -0.39 is 26.5 Å². The molecule has 0 bridgehead atoms. The second-order valence-electron chi connectivity index (χ2n) is 5.93. The van der Waals surface area contributed by atoms with E-state index >= 15 is 0 Å². The molecular weight excluding hydrogens is 429 g/mol. The van der Waals surface area contributed by atoms with Crippen molar-refractivity contribution in [2.75, 3.05) is 0 Å². The van der Waals surface area contributed by atoms with Gasteiger partial charge in [-0.2, -0.15) is 0 Å². The molecule has 0 saturated heterocycles. The Labute approximate surface area is 168 Å². The molecule has 3 aromatic rings. The molecule has 0 saturated carbocycles. The van der Waals surface area contributed by atoms with E-state index in [1.807, 2.05) is 0 Å². The molecule has 0 radical (unpaired) electrons. The van der Waals surface area contributed by atoms with Crippen molar-refractivity contribution in [1.82, 2.24) is 4.98 Å². The van der Waals surface area contributed by atoms with Crippen LogP contribution in [0, 0.1) is 5.82 Å². The Hall–Kier alpha value is -1.61. The summed E-state index contributed by atoms with van der Waals surface area (Å²) in [5.41, 5.74) is 0.430. The summed E-state index contributed by atoms with van der Waals surface area (Å²) in [6, 6.07) is 11.4. The van der Waals surface area contributed by atoms with Crippen LogP contribution in [0.3, 0.4) is 0 Å². The number of thiazole rings is 1. The first kappa shape index (κ1) is 20.1. The Balaban J connectivity index is 2.21. The molecule has 0 aliphatic heterocycles. The van der Waals surface area contributed by atoms with E-state index in [0.29, 0.717) is 15.6 Å². The van der Waals surface area contributed by atoms with Crippen molar-refractivity contribution in [2.24, 2.45) is 0 Å². The highest BCUT2D eigenvalue weighted by molar-refractivity contribution is 7.93. The van der Waals surface area contributed by atoms with Gasteiger partial charge >= 0.3 is 0 Å². The van der Waals surface area contributed by atoms with Crippen LogP contribution >= 0.6 is 22.9 Å². The number of hydrogen-bond donors (Lipinski definition) is 0. The molecule has 0 aliphatic rings. The van der Waals surface area contributed by atoms with Gasteiger partial charge in [0.15, 0.2) is 5.03 Å². The molecule has 9 heteroatoms. The summed E-state index contributed by atoms with van der Waals surface area (Å²) in [6.45, 7) is 3.47. The van der Waals surface area contributed by atoms with Gasteiger partial charge in [-0.1, -0.05) is 37.6 Å². The van der Waals surface area contributed by atoms with E-state index in [9.17, 15) is 17.0 Å². The van der Waals surface area contributed by atoms with Crippen LogP contribution in [-0.4, -0.2) is 22.9 Å². The van der Waals surface area contributed by atoms with Crippen LogP contribution in [0.2, 0.25) is 5.02 Å². The largest absolute Gasteiger partial charge is 0.253 e. The molecule has 2 aromatic carbocycles. The van der Waals surface area contributed by atoms with Crippen molar-refractivity contribution in [3.63, 3.8) is 0 Å². The average molecular weight is 444 g/mol. The maximum absolute atomic E-state index is 13.6. The van der Waals surface area contributed by atoms with Gasteiger partial charge in [0, 0.05) is 15.8 Å². The molecule has 0 N–H and O–H groups in total. The summed E-state index contributed by atoms with van der Waals surface area (Å²) >= 11 is 6.84. The predicted octanol–water partition coefficient (Wildman–Crippen LogP) is 4.95. The van der Waals surface area contributed by atoms with Gasteiger partial charge in [0.25, 0.3) is 0 Å². The molecule has 1 unspecified atom stereocenters. The number of benzene rings is 2. The highest BCUT2D eigenvalue weighted by atomic mass is 35.5. The molecular formula is C18H15ClFNO3S3. The molecule has 3 rings (SSSR count). The van der Waals surface area contributed by atoms with Crippen LogP contribution < -0.4 is 0 Å². The van der Waals surface area contributed by atoms with Crippen molar-refractivity contribution in [2.45, 2.75) is 33.2 Å². The van der Waals surface area contributed by atoms with Gasteiger partial charge in [0.2, 0.25) is 9.84 Å². The third kappa shape index (κ3) is 4.13. The number of nitrogens with zero attached hydrogens (tertiary/aromatic N) is 1. The quantitative estimate of drug-likeness (QED) is 0.559. The number of sulfone groups is 1. The van der Waals surface area contributed by atoms with E-state index in [0.717, 1.165) is 11.3 Å². The molecule has 27 heavy (non-hydrogen) atoms. The first-order valence-corrected chi connectivity index (χ1v) is 11.8. The molecule has 1 heterocycles. The topological polar surface area (TPSA) is 64.1 Å². The normalized spacial score (nSPS) is 13.1. The molecule has 1 aromatic heterocycles. The zero-order valence-corrected chi connectivity index (χ0v) is 17.6. The van der Waals surface area contributed by atoms with Crippen molar-refractivity contribution >= 4 is 43.6 Å². The second kappa shape index (κ2) is 7.79. The lowest BCUT2D eigenvalue weighted by molar-refractivity contribution is 0.590. The molecule has 4 nitrogen and oxygen atoms in total. The lowest BCUT2D eigenvalue weighted by Gasteiger charge is -2.06. The standard InChI is InChI=1S/C18H15ClFNO3S3/c1-11(2)26(22)18-17(27(23,24)15-8-6-13(19)7-9-15)21-16(25-18)12-4-3-5-14(20)10-12/h3-11H,1-2H3. The number of aromatic nitrogens is 1. The second-order valence-corrected chi connectivity index (χ2v) is 11.4. The highest BCUT2D eigenvalue weighted by Gasteiger charge is 2.30. The summed E-state index contributed by atoms with van der Waals surface area (Å²) in [4.78, 5) is 4.24. The van der Waals surface area contributed by atoms with E-state index in [1.165, 1.54) is 42.5 Å². The predicted molar refractivity (Wildman–Crippen MR) is 106 cm³/mol. The van der Waals surface area contributed by atoms with E-state index in [-0.39, 0.29) is 19.4 Å². The Morgan fingerprint density at radius 3 is 2.41 bits per heavy atom. The number of halogens is 2. The zero-order chi connectivity index (χ0) is 19.8. The van der Waals surface area contributed by atoms with Gasteiger partial charge in [-0.15, -0.1) is 11.3 Å². The maximum Gasteiger partial charge on any atom is 0.225 e. The Morgan fingerprint density at radius 2 is 1.81 bits per heavy atom. The highest BCUT2D eigenvalue weighted by Crippen LogP contribution is 2.36. The molecule has 142 valence electrons. The van der Waals surface area contributed by atoms with Crippen molar-refractivity contribution in [3.05, 3.63) is 59.4 Å². The van der Waals surface area contributed by atoms with Crippen LogP contribution in [0.15, 0.2) is 62.7 Å². The van der Waals surface area contributed by atoms with E-state index in [2.05, 4.69) is 4.98 Å². The lowest BCUT2D eigenvalue weighted by atomic mass is 10.2. The number of hydrogen-bond acceptors (Lipinski definition) is 5. The summed E-state index contributed by atoms with van der Waals surface area (Å²) in [7, 11) is -5.58. The molecule has 0 spiro atoms. The third-order valence-corrected chi connectivity index (χ3v) is 8.89. The fourth-order valence-corrected chi connectivity index (χ4v) is 7.11. The van der Waals surface area contributed by atoms with Crippen LogP contribution in [-0.2, 0) is 20.6 Å². The first-order valence-electron chi connectivity index (χ1n) is 7.88. The number of rotatable bonds is 5. The van der Waals surface area contributed by atoms with Crippen LogP contribution in [0.1, 0.15) is 13.8 Å². The van der Waals surface area contributed by atoms with Crippen LogP contribution in [0.4, 0.5) is 4.39 Å². The molecule has 0 fully saturated rings. The summed E-state index contributed by atoms with van der Waals surface area (Å²) < 4.78 is 52.6. The van der Waals surface area contributed by atoms with Crippen molar-refractivity contribution in [1.29, 1.82) is 0 Å². The van der Waals surface area contributed by atoms with Gasteiger partial charge in [-0.3, -0.25) is 4.21 Å². The van der Waals surface area contributed by atoms with Crippen molar-refractivity contribution in [3.8, 4) is 10.6 Å². The Kier molecular flexibility index (Phi) is 5.81. The van der Waals surface area contributed by atoms with Gasteiger partial charge in [0.1, 0.15) is 15.0 Å². The smallest absolute Gasteiger partial charge is 0.225 e. The average Bonchev–Trinajstić information content (AvgIpc) is 3.07. The summed E-state index contributed by atoms with van der Waals surface area (Å²) in [6.07, 6.45) is 0. The van der Waals surface area contributed by atoms with Gasteiger partial charge in [0.05, 0.1) is 15.7 Å². The summed E-state index contributed by atoms with van der Waals surface area (Å²) in [5.74, 6) is -0.462. The zero-order valence-electron chi connectivity index (χ0n) is 14.3. The fourth-order valence-electron chi connectivity index (χ4n) is 2.27. The first-order chi connectivity index (χ1) is 12.7. The molecule has 0 amide bonds. The van der Waals surface area contributed by atoms with Crippen LogP contribution in [0.25, 0.3) is 10.6 Å². The molecule has 0 aliphatic carbocycles. The summed E-state index contributed by atoms with van der Waals surface area (Å²) in [5, 5.41) is 0.135. The van der Waals surface area contributed by atoms with Gasteiger partial charge in [-0.05, 0) is 36.4 Å². The van der Waals surface area contributed by atoms with Crippen LogP contribution in [0.5, 0.6) is 0 Å². The lowest BCUT2D eigenvalue weighted by Crippen LogP contribution is -2.10. The van der Waals surface area contributed by atoms with Crippen molar-refractivity contribution < 1.29 is 17.0 Å². The monoisotopic (exact) mass is 443 g/mol. The van der Waals surface area contributed by atoms with Gasteiger partial charge in [-0.25, -0.2) is 17.8 Å². The van der Waals surface area contributed by atoms with E-state index in [4.69, 9.17) is 11.6 Å². The maximum atomic E-state index is 13.6. The fraction of sp³-hybridized carbons (Fsp3) is 0.167. The Bertz CT molecular complexity index is 1110. The minimum Gasteiger partial charge on any atom is -0.253 e. The van der Waals surface area contributed by atoms with E-state index in [1.54, 1.807) is 19.9 Å². The minimum absolute atomic E-state index is 0.00463. The SMILES string of the molecule is CC(C)S(=O)c1sc(-c2cccc(F)c2)nc1S(=O)(=O)c1ccc(Cl)cc1. The van der Waals surface area contributed by atoms with Gasteiger partial charge < -0.3 is 0 Å². The minimum atomic E-state index is -4.01. The molecule has 1 atom stereocenters. The Morgan fingerprint density at radius 1 is 1.15 bits per heavy atom. The third-order valence-electron chi connectivity index (χ3n) is 3.63.